The van der Waals surface area contributed by atoms with Gasteiger partial charge in [-0.25, -0.2) is 0 Å². The highest BCUT2D eigenvalue weighted by Crippen LogP contribution is 2.29. The van der Waals surface area contributed by atoms with Crippen LogP contribution in [0.2, 0.25) is 0 Å². The summed E-state index contributed by atoms with van der Waals surface area (Å²) in [7, 11) is 3.39. The third-order valence-electron chi connectivity index (χ3n) is 3.96. The van der Waals surface area contributed by atoms with E-state index in [2.05, 4.69) is 17.1 Å². The van der Waals surface area contributed by atoms with Crippen LogP contribution < -0.4 is 5.32 Å². The Morgan fingerprint density at radius 1 is 1.06 bits per heavy atom. The van der Waals surface area contributed by atoms with Gasteiger partial charge in [0.1, 0.15) is 0 Å². The van der Waals surface area contributed by atoms with Gasteiger partial charge in [0, 0.05) is 26.3 Å². The topological polar surface area (TPSA) is 33.7 Å². The lowest BCUT2D eigenvalue weighted by atomic mass is 10.0. The molecule has 0 amide bonds. The lowest BCUT2D eigenvalue weighted by Gasteiger charge is -2.35. The Morgan fingerprint density at radius 2 is 1.65 bits per heavy atom. The smallest absolute Gasteiger partial charge is 0.171 e. The maximum Gasteiger partial charge on any atom is 0.171 e. The van der Waals surface area contributed by atoms with Crippen LogP contribution in [-0.4, -0.2) is 56.6 Å². The molecule has 1 N–H and O–H groups in total. The van der Waals surface area contributed by atoms with Gasteiger partial charge >= 0.3 is 0 Å². The van der Waals surface area contributed by atoms with Gasteiger partial charge in [-0.2, -0.15) is 0 Å². The molecule has 0 aromatic carbocycles. The highest BCUT2D eigenvalue weighted by Gasteiger charge is 2.32. The molecule has 1 saturated carbocycles. The summed E-state index contributed by atoms with van der Waals surface area (Å²) in [5.41, 5.74) is 0. The summed E-state index contributed by atoms with van der Waals surface area (Å²) in [4.78, 5) is 2.65. The zero-order valence-corrected chi connectivity index (χ0v) is 11.3. The Kier molecular flexibility index (Phi) is 4.79. The first kappa shape index (κ1) is 13.3. The van der Waals surface area contributed by atoms with Crippen LogP contribution in [0.15, 0.2) is 0 Å². The largest absolute Gasteiger partial charge is 0.354 e. The highest BCUT2D eigenvalue weighted by molar-refractivity contribution is 4.89. The molecule has 100 valence electrons. The fraction of sp³-hybridized carbons (Fsp3) is 1.00. The molecule has 2 fully saturated rings. The minimum atomic E-state index is -0.142. The molecule has 1 heterocycles. The number of piperidine rings is 1. The van der Waals surface area contributed by atoms with E-state index in [0.717, 1.165) is 6.04 Å². The summed E-state index contributed by atoms with van der Waals surface area (Å²) in [6, 6.07) is 1.79. The molecule has 1 unspecified atom stereocenters. The van der Waals surface area contributed by atoms with E-state index < -0.39 is 0 Å². The summed E-state index contributed by atoms with van der Waals surface area (Å²) in [6.45, 7) is 4.63. The Hall–Kier alpha value is -0.160. The molecule has 0 radical (unpaired) electrons. The maximum atomic E-state index is 5.28. The van der Waals surface area contributed by atoms with Crippen molar-refractivity contribution in [2.75, 3.05) is 27.3 Å². The average molecular weight is 242 g/mol. The predicted molar refractivity (Wildman–Crippen MR) is 68.0 cm³/mol. The Morgan fingerprint density at radius 3 is 2.12 bits per heavy atom. The van der Waals surface area contributed by atoms with Crippen LogP contribution in [0.5, 0.6) is 0 Å². The predicted octanol–water partition coefficient (Wildman–Crippen LogP) is 1.21. The van der Waals surface area contributed by atoms with Crippen molar-refractivity contribution in [1.29, 1.82) is 0 Å². The van der Waals surface area contributed by atoms with Crippen LogP contribution >= 0.6 is 0 Å². The second-order valence-corrected chi connectivity index (χ2v) is 5.34. The van der Waals surface area contributed by atoms with E-state index in [-0.39, 0.29) is 12.3 Å². The molecule has 4 nitrogen and oxygen atoms in total. The molecule has 0 aromatic heterocycles. The number of ether oxygens (including phenoxy) is 2. The lowest BCUT2D eigenvalue weighted by Crippen LogP contribution is -2.50. The maximum absolute atomic E-state index is 5.28. The van der Waals surface area contributed by atoms with Crippen molar-refractivity contribution in [3.8, 4) is 0 Å². The normalized spacial score (nSPS) is 25.4. The number of methoxy groups -OCH3 is 2. The first-order valence-electron chi connectivity index (χ1n) is 6.80. The first-order valence-corrected chi connectivity index (χ1v) is 6.80. The summed E-state index contributed by atoms with van der Waals surface area (Å²) in [6.07, 6.45) is 5.20. The molecule has 1 aliphatic carbocycles. The summed E-state index contributed by atoms with van der Waals surface area (Å²) < 4.78 is 10.6. The van der Waals surface area contributed by atoms with Gasteiger partial charge in [-0.15, -0.1) is 0 Å². The van der Waals surface area contributed by atoms with E-state index in [1.54, 1.807) is 14.2 Å². The number of likely N-dealkylation sites (tertiary alicyclic amines) is 1. The van der Waals surface area contributed by atoms with Crippen molar-refractivity contribution >= 4 is 0 Å². The van der Waals surface area contributed by atoms with E-state index >= 15 is 0 Å². The monoisotopic (exact) mass is 242 g/mol. The second-order valence-electron chi connectivity index (χ2n) is 5.34. The van der Waals surface area contributed by atoms with Crippen molar-refractivity contribution in [3.05, 3.63) is 0 Å². The van der Waals surface area contributed by atoms with Crippen molar-refractivity contribution in [2.45, 2.75) is 57.0 Å². The lowest BCUT2D eigenvalue weighted by molar-refractivity contribution is -0.121. The van der Waals surface area contributed by atoms with Crippen LogP contribution in [0.3, 0.4) is 0 Å². The summed E-state index contributed by atoms with van der Waals surface area (Å²) in [5, 5.41) is 3.62. The van der Waals surface area contributed by atoms with E-state index in [1.165, 1.54) is 38.8 Å². The van der Waals surface area contributed by atoms with Gasteiger partial charge < -0.3 is 19.7 Å². The summed E-state index contributed by atoms with van der Waals surface area (Å²) >= 11 is 0. The third kappa shape index (κ3) is 3.65. The van der Waals surface area contributed by atoms with Gasteiger partial charge in [-0.05, 0) is 45.7 Å². The molecule has 2 aliphatic rings. The van der Waals surface area contributed by atoms with Gasteiger partial charge in [0.25, 0.3) is 0 Å². The molecule has 2 rings (SSSR count). The molecule has 1 saturated heterocycles. The number of nitrogens with one attached hydrogen (secondary N) is 1. The molecular weight excluding hydrogens is 216 g/mol. The van der Waals surface area contributed by atoms with E-state index in [0.29, 0.717) is 6.04 Å². The van der Waals surface area contributed by atoms with Crippen LogP contribution in [0.1, 0.15) is 32.6 Å². The Bertz CT molecular complexity index is 221. The molecular formula is C13H26N2O2. The highest BCUT2D eigenvalue weighted by atomic mass is 16.7. The molecule has 0 bridgehead atoms. The average Bonchev–Trinajstić information content (AvgIpc) is 3.15. The molecule has 4 heteroatoms. The van der Waals surface area contributed by atoms with Crippen LogP contribution in [-0.2, 0) is 9.47 Å². The van der Waals surface area contributed by atoms with E-state index in [1.807, 2.05) is 0 Å². The summed E-state index contributed by atoms with van der Waals surface area (Å²) in [5.74, 6) is 0. The molecule has 0 aromatic rings. The molecule has 1 aliphatic heterocycles. The van der Waals surface area contributed by atoms with Crippen LogP contribution in [0, 0.1) is 0 Å². The first-order chi connectivity index (χ1) is 8.24. The van der Waals surface area contributed by atoms with Crippen LogP contribution in [0.25, 0.3) is 0 Å². The van der Waals surface area contributed by atoms with Gasteiger partial charge in [-0.3, -0.25) is 0 Å². The van der Waals surface area contributed by atoms with Crippen molar-refractivity contribution < 1.29 is 9.47 Å². The molecule has 0 spiro atoms. The van der Waals surface area contributed by atoms with Crippen LogP contribution in [0.4, 0.5) is 0 Å². The van der Waals surface area contributed by atoms with E-state index in [9.17, 15) is 0 Å². The van der Waals surface area contributed by atoms with Crippen molar-refractivity contribution in [3.63, 3.8) is 0 Å². The zero-order valence-electron chi connectivity index (χ0n) is 11.3. The second kappa shape index (κ2) is 6.14. The third-order valence-corrected chi connectivity index (χ3v) is 3.96. The number of nitrogens with zero attached hydrogens (tertiary/aromatic N) is 1. The van der Waals surface area contributed by atoms with Gasteiger partial charge in [0.05, 0.1) is 6.04 Å². The SMILES string of the molecule is COC(OC)C(C)NC1CCN(C2CC2)CC1. The minimum absolute atomic E-state index is 0.142. The standard InChI is InChI=1S/C13H26N2O2/c1-10(13(16-2)17-3)14-11-6-8-15(9-7-11)12-4-5-12/h10-14H,4-9H2,1-3H3. The quantitative estimate of drug-likeness (QED) is 0.710. The van der Waals surface area contributed by atoms with E-state index in [4.69, 9.17) is 9.47 Å². The van der Waals surface area contributed by atoms with Crippen molar-refractivity contribution in [2.24, 2.45) is 0 Å². The van der Waals surface area contributed by atoms with Gasteiger partial charge in [0.2, 0.25) is 0 Å². The Labute approximate surface area is 105 Å². The Balaban J connectivity index is 1.69. The van der Waals surface area contributed by atoms with Gasteiger partial charge in [0.15, 0.2) is 6.29 Å². The zero-order chi connectivity index (χ0) is 12.3. The fourth-order valence-corrected chi connectivity index (χ4v) is 2.83. The number of hydrogen-bond acceptors (Lipinski definition) is 4. The molecule has 17 heavy (non-hydrogen) atoms. The number of hydrogen-bond donors (Lipinski definition) is 1. The fourth-order valence-electron chi connectivity index (χ4n) is 2.83. The minimum Gasteiger partial charge on any atom is -0.354 e. The van der Waals surface area contributed by atoms with Gasteiger partial charge in [-0.1, -0.05) is 0 Å². The van der Waals surface area contributed by atoms with Crippen molar-refractivity contribution in [1.82, 2.24) is 10.2 Å². The number of rotatable bonds is 6. The molecule has 1 atom stereocenters.